The molecule has 0 unspecified atom stereocenters. The van der Waals surface area contributed by atoms with Gasteiger partial charge in [0.15, 0.2) is 5.58 Å². The van der Waals surface area contributed by atoms with Gasteiger partial charge in [-0.15, -0.1) is 0 Å². The fourth-order valence-electron chi connectivity index (χ4n) is 2.15. The normalized spacial score (nSPS) is 11.0. The Kier molecular flexibility index (Phi) is 5.16. The summed E-state index contributed by atoms with van der Waals surface area (Å²) in [5, 5.41) is 17.2. The molecule has 3 rings (SSSR count). The Labute approximate surface area is 155 Å². The summed E-state index contributed by atoms with van der Waals surface area (Å²) in [6, 6.07) is 8.34. The third-order valence-electron chi connectivity index (χ3n) is 3.62. The molecule has 8 nitrogen and oxygen atoms in total. The van der Waals surface area contributed by atoms with Gasteiger partial charge in [-0.2, -0.15) is 0 Å². The van der Waals surface area contributed by atoms with Crippen LogP contribution in [-0.2, 0) is 11.4 Å². The molecule has 2 heterocycles. The summed E-state index contributed by atoms with van der Waals surface area (Å²) in [6.45, 7) is 0.238. The number of amides is 1. The van der Waals surface area contributed by atoms with E-state index >= 15 is 0 Å². The van der Waals surface area contributed by atoms with Crippen LogP contribution in [0.15, 0.2) is 53.1 Å². The van der Waals surface area contributed by atoms with Crippen LogP contribution in [0.4, 0.5) is 0 Å². The Bertz CT molecular complexity index is 1010. The molecule has 0 saturated carbocycles. The van der Waals surface area contributed by atoms with Crippen molar-refractivity contribution in [2.75, 3.05) is 14.1 Å². The molecule has 1 amide bonds. The molecule has 0 radical (unpaired) electrons. The fourth-order valence-corrected chi connectivity index (χ4v) is 2.15. The number of nitrogens with one attached hydrogen (secondary N) is 1. The van der Waals surface area contributed by atoms with Gasteiger partial charge in [-0.05, 0) is 30.3 Å². The van der Waals surface area contributed by atoms with Crippen molar-refractivity contribution in [3.63, 3.8) is 0 Å². The van der Waals surface area contributed by atoms with Crippen LogP contribution in [0.25, 0.3) is 11.1 Å². The molecule has 0 aliphatic heterocycles. The summed E-state index contributed by atoms with van der Waals surface area (Å²) in [6.07, 6.45) is 3.99. The number of pyridine rings is 1. The van der Waals surface area contributed by atoms with Gasteiger partial charge < -0.3 is 19.2 Å². The smallest absolute Gasteiger partial charge is 0.246 e. The first-order valence-corrected chi connectivity index (χ1v) is 8.08. The van der Waals surface area contributed by atoms with Gasteiger partial charge >= 0.3 is 0 Å². The third-order valence-corrected chi connectivity index (χ3v) is 3.62. The second-order valence-corrected chi connectivity index (χ2v) is 5.92. The lowest BCUT2D eigenvalue weighted by molar-refractivity contribution is -0.123. The summed E-state index contributed by atoms with van der Waals surface area (Å²) in [7, 11) is 3.26. The highest BCUT2D eigenvalue weighted by Gasteiger charge is 2.11. The number of nitrogens with zero attached hydrogens (tertiary/aromatic N) is 3. The molecule has 3 aromatic rings. The Morgan fingerprint density at radius 2 is 2.11 bits per heavy atom. The number of hydrogen-bond acceptors (Lipinski definition) is 7. The summed E-state index contributed by atoms with van der Waals surface area (Å²) in [5.74, 6) is 0.556. The van der Waals surface area contributed by atoms with Gasteiger partial charge in [0, 0.05) is 26.2 Å². The van der Waals surface area contributed by atoms with Gasteiger partial charge in [-0.25, -0.2) is 4.98 Å². The lowest BCUT2D eigenvalue weighted by Gasteiger charge is -2.05. The SMILES string of the molecule is CN(C)C(=O)/C=C\C(=N)c1nc2cc(OCc3ccc(O)cn3)ccc2o1. The van der Waals surface area contributed by atoms with E-state index in [1.54, 1.807) is 44.4 Å². The molecule has 1 aromatic carbocycles. The summed E-state index contributed by atoms with van der Waals surface area (Å²) in [4.78, 5) is 21.3. The van der Waals surface area contributed by atoms with Crippen LogP contribution in [-0.4, -0.2) is 45.7 Å². The van der Waals surface area contributed by atoms with Crippen molar-refractivity contribution in [3.05, 3.63) is 60.3 Å². The monoisotopic (exact) mass is 366 g/mol. The van der Waals surface area contributed by atoms with Crippen LogP contribution in [0, 0.1) is 5.41 Å². The number of allylic oxidation sites excluding steroid dienone is 1. The number of carbonyl (C=O) groups excluding carboxylic acids is 1. The van der Waals surface area contributed by atoms with Gasteiger partial charge in [0.25, 0.3) is 0 Å². The highest BCUT2D eigenvalue weighted by Crippen LogP contribution is 2.22. The molecule has 2 aromatic heterocycles. The van der Waals surface area contributed by atoms with Gasteiger partial charge in [0.2, 0.25) is 11.8 Å². The van der Waals surface area contributed by atoms with E-state index in [4.69, 9.17) is 14.6 Å². The van der Waals surface area contributed by atoms with E-state index in [9.17, 15) is 9.90 Å². The Morgan fingerprint density at radius 1 is 1.30 bits per heavy atom. The number of carbonyl (C=O) groups is 1. The fraction of sp³-hybridized carbons (Fsp3) is 0.158. The van der Waals surface area contributed by atoms with Crippen LogP contribution < -0.4 is 4.74 Å². The second kappa shape index (κ2) is 7.69. The number of aromatic hydroxyl groups is 1. The maximum absolute atomic E-state index is 11.6. The Hall–Kier alpha value is -3.68. The second-order valence-electron chi connectivity index (χ2n) is 5.92. The number of fused-ring (bicyclic) bond motifs is 1. The molecule has 0 atom stereocenters. The van der Waals surface area contributed by atoms with E-state index in [0.29, 0.717) is 22.5 Å². The first-order valence-electron chi connectivity index (χ1n) is 8.08. The molecule has 0 spiro atoms. The largest absolute Gasteiger partial charge is 0.506 e. The van der Waals surface area contributed by atoms with Gasteiger partial charge in [-0.3, -0.25) is 15.2 Å². The summed E-state index contributed by atoms with van der Waals surface area (Å²) < 4.78 is 11.2. The minimum absolute atomic E-state index is 0.00263. The third kappa shape index (κ3) is 4.49. The van der Waals surface area contributed by atoms with Crippen molar-refractivity contribution >= 4 is 22.7 Å². The van der Waals surface area contributed by atoms with Gasteiger partial charge in [-0.1, -0.05) is 0 Å². The zero-order valence-electron chi connectivity index (χ0n) is 14.8. The van der Waals surface area contributed by atoms with E-state index in [1.807, 2.05) is 0 Å². The number of benzene rings is 1. The highest BCUT2D eigenvalue weighted by molar-refractivity contribution is 6.07. The van der Waals surface area contributed by atoms with Crippen LogP contribution in [0.3, 0.4) is 0 Å². The molecular weight excluding hydrogens is 348 g/mol. The van der Waals surface area contributed by atoms with Crippen molar-refractivity contribution < 1.29 is 19.1 Å². The molecular formula is C19H18N4O4. The molecule has 0 bridgehead atoms. The Balaban J connectivity index is 1.71. The quantitative estimate of drug-likeness (QED) is 0.512. The first kappa shape index (κ1) is 18.1. The van der Waals surface area contributed by atoms with E-state index in [-0.39, 0.29) is 29.9 Å². The minimum atomic E-state index is -0.227. The standard InChI is InChI=1S/C19H18N4O4/c1-23(2)18(25)8-6-15(20)19-22-16-9-14(5-7-17(16)27-19)26-11-12-3-4-13(24)10-21-12/h3-10,20,24H,11H2,1-2H3/b8-6-,20-15?. The van der Waals surface area contributed by atoms with Crippen molar-refractivity contribution in [3.8, 4) is 11.5 Å². The molecule has 138 valence electrons. The molecule has 8 heteroatoms. The minimum Gasteiger partial charge on any atom is -0.506 e. The molecule has 0 aliphatic rings. The zero-order chi connectivity index (χ0) is 19.4. The maximum atomic E-state index is 11.6. The maximum Gasteiger partial charge on any atom is 0.246 e. The molecule has 0 saturated heterocycles. The van der Waals surface area contributed by atoms with E-state index in [1.165, 1.54) is 23.2 Å². The molecule has 2 N–H and O–H groups in total. The van der Waals surface area contributed by atoms with Crippen LogP contribution in [0.1, 0.15) is 11.6 Å². The number of likely N-dealkylation sites (N-methyl/N-ethyl adjacent to an activating group) is 1. The van der Waals surface area contributed by atoms with Crippen LogP contribution in [0.5, 0.6) is 11.5 Å². The van der Waals surface area contributed by atoms with Crippen LogP contribution >= 0.6 is 0 Å². The number of hydrogen-bond donors (Lipinski definition) is 2. The van der Waals surface area contributed by atoms with Gasteiger partial charge in [0.05, 0.1) is 11.9 Å². The number of aromatic nitrogens is 2. The summed E-state index contributed by atoms with van der Waals surface area (Å²) in [5.41, 5.74) is 1.72. The zero-order valence-corrected chi connectivity index (χ0v) is 14.8. The Morgan fingerprint density at radius 3 is 2.81 bits per heavy atom. The highest BCUT2D eigenvalue weighted by atomic mass is 16.5. The predicted molar refractivity (Wildman–Crippen MR) is 98.9 cm³/mol. The van der Waals surface area contributed by atoms with Crippen LogP contribution in [0.2, 0.25) is 0 Å². The number of ether oxygens (including phenoxy) is 1. The topological polar surface area (TPSA) is 113 Å². The van der Waals surface area contributed by atoms with E-state index in [2.05, 4.69) is 9.97 Å². The van der Waals surface area contributed by atoms with E-state index in [0.717, 1.165) is 0 Å². The molecule has 0 aliphatic carbocycles. The lowest BCUT2D eigenvalue weighted by atomic mass is 10.3. The summed E-state index contributed by atoms with van der Waals surface area (Å²) >= 11 is 0. The number of rotatable bonds is 6. The van der Waals surface area contributed by atoms with Crippen molar-refractivity contribution in [1.29, 1.82) is 5.41 Å². The van der Waals surface area contributed by atoms with E-state index < -0.39 is 0 Å². The predicted octanol–water partition coefficient (Wildman–Crippen LogP) is 2.52. The first-order chi connectivity index (χ1) is 12.9. The molecule has 0 fully saturated rings. The molecule has 27 heavy (non-hydrogen) atoms. The average molecular weight is 366 g/mol. The average Bonchev–Trinajstić information content (AvgIpc) is 3.08. The van der Waals surface area contributed by atoms with Crippen molar-refractivity contribution in [1.82, 2.24) is 14.9 Å². The van der Waals surface area contributed by atoms with Crippen molar-refractivity contribution in [2.24, 2.45) is 0 Å². The van der Waals surface area contributed by atoms with Crippen molar-refractivity contribution in [2.45, 2.75) is 6.61 Å². The van der Waals surface area contributed by atoms with Gasteiger partial charge in [0.1, 0.15) is 29.3 Å². The number of oxazole rings is 1. The lowest BCUT2D eigenvalue weighted by Crippen LogP contribution is -2.19.